The first-order valence-electron chi connectivity index (χ1n) is 4.41. The third-order valence-electron chi connectivity index (χ3n) is 1.73. The molecule has 1 N–H and O–H groups in total. The second-order valence-corrected chi connectivity index (χ2v) is 4.70. The summed E-state index contributed by atoms with van der Waals surface area (Å²) in [5.74, 6) is 0.00292. The van der Waals surface area contributed by atoms with Gasteiger partial charge in [0.15, 0.2) is 0 Å². The van der Waals surface area contributed by atoms with E-state index in [0.29, 0.717) is 11.4 Å². The standard InChI is InChI=1S/C9H9N3O3S/c1-16(13,14)15-9-6-8(11-12-9)7-4-2-3-5-10-7/h2-6H,1H3,(H,11,12). The molecule has 84 valence electrons. The molecule has 0 aliphatic carbocycles. The number of nitrogens with zero attached hydrogens (tertiary/aromatic N) is 2. The van der Waals surface area contributed by atoms with Crippen LogP contribution in [0.1, 0.15) is 0 Å². The van der Waals surface area contributed by atoms with E-state index < -0.39 is 10.1 Å². The second-order valence-electron chi connectivity index (χ2n) is 3.12. The van der Waals surface area contributed by atoms with E-state index in [1.54, 1.807) is 18.3 Å². The summed E-state index contributed by atoms with van der Waals surface area (Å²) in [4.78, 5) is 4.08. The van der Waals surface area contributed by atoms with Gasteiger partial charge in [-0.05, 0) is 12.1 Å². The van der Waals surface area contributed by atoms with Crippen molar-refractivity contribution < 1.29 is 12.6 Å². The number of H-pyrrole nitrogens is 1. The third kappa shape index (κ3) is 2.57. The predicted octanol–water partition coefficient (Wildman–Crippen LogP) is 0.810. The number of hydrogen-bond donors (Lipinski definition) is 1. The molecule has 0 saturated carbocycles. The van der Waals surface area contributed by atoms with Gasteiger partial charge in [-0.25, -0.2) is 0 Å². The van der Waals surface area contributed by atoms with Gasteiger partial charge in [0.2, 0.25) is 0 Å². The number of aromatic nitrogens is 3. The summed E-state index contributed by atoms with van der Waals surface area (Å²) in [5.41, 5.74) is 1.26. The average molecular weight is 239 g/mol. The van der Waals surface area contributed by atoms with Crippen molar-refractivity contribution in [3.05, 3.63) is 30.5 Å². The van der Waals surface area contributed by atoms with E-state index in [2.05, 4.69) is 19.4 Å². The topological polar surface area (TPSA) is 84.9 Å². The van der Waals surface area contributed by atoms with E-state index in [4.69, 9.17) is 0 Å². The molecule has 0 unspecified atom stereocenters. The van der Waals surface area contributed by atoms with Gasteiger partial charge in [-0.2, -0.15) is 8.42 Å². The molecule has 2 aromatic heterocycles. The van der Waals surface area contributed by atoms with Crippen molar-refractivity contribution >= 4 is 10.1 Å². The highest BCUT2D eigenvalue weighted by atomic mass is 32.2. The maximum atomic E-state index is 10.9. The largest absolute Gasteiger partial charge is 0.360 e. The zero-order valence-electron chi connectivity index (χ0n) is 8.41. The summed E-state index contributed by atoms with van der Waals surface area (Å²) < 4.78 is 26.3. The molecule has 0 saturated heterocycles. The minimum atomic E-state index is -3.55. The van der Waals surface area contributed by atoms with Crippen molar-refractivity contribution in [2.45, 2.75) is 0 Å². The van der Waals surface area contributed by atoms with Gasteiger partial charge in [-0.3, -0.25) is 10.1 Å². The fourth-order valence-electron chi connectivity index (χ4n) is 1.15. The highest BCUT2D eigenvalue weighted by Crippen LogP contribution is 2.18. The van der Waals surface area contributed by atoms with Crippen LogP contribution < -0.4 is 4.18 Å². The molecule has 6 nitrogen and oxygen atoms in total. The fraction of sp³-hybridized carbons (Fsp3) is 0.111. The fourth-order valence-corrected chi connectivity index (χ4v) is 1.55. The number of nitrogens with one attached hydrogen (secondary N) is 1. The zero-order chi connectivity index (χ0) is 11.6. The molecule has 7 heteroatoms. The Kier molecular flexibility index (Phi) is 2.61. The van der Waals surface area contributed by atoms with Crippen LogP contribution in [0.2, 0.25) is 0 Å². The maximum Gasteiger partial charge on any atom is 0.307 e. The van der Waals surface area contributed by atoms with Gasteiger partial charge >= 0.3 is 10.1 Å². The van der Waals surface area contributed by atoms with Crippen molar-refractivity contribution in [2.24, 2.45) is 0 Å². The minimum Gasteiger partial charge on any atom is -0.360 e. The molecular weight excluding hydrogens is 230 g/mol. The first-order valence-corrected chi connectivity index (χ1v) is 6.22. The van der Waals surface area contributed by atoms with Crippen molar-refractivity contribution in [3.8, 4) is 17.3 Å². The van der Waals surface area contributed by atoms with Crippen molar-refractivity contribution in [3.63, 3.8) is 0 Å². The van der Waals surface area contributed by atoms with Crippen LogP contribution in [0.4, 0.5) is 0 Å². The molecule has 0 aromatic carbocycles. The lowest BCUT2D eigenvalue weighted by atomic mass is 10.3. The normalized spacial score (nSPS) is 11.3. The number of pyridine rings is 1. The summed E-state index contributed by atoms with van der Waals surface area (Å²) in [6, 6.07) is 6.86. The molecule has 16 heavy (non-hydrogen) atoms. The lowest BCUT2D eigenvalue weighted by Gasteiger charge is -1.95. The molecule has 2 heterocycles. The second kappa shape index (κ2) is 3.93. The molecule has 0 aliphatic rings. The lowest BCUT2D eigenvalue weighted by molar-refractivity contribution is 0.482. The Balaban J connectivity index is 2.27. The molecular formula is C9H9N3O3S. The van der Waals surface area contributed by atoms with E-state index in [0.717, 1.165) is 6.26 Å². The van der Waals surface area contributed by atoms with E-state index in [1.165, 1.54) is 6.07 Å². The van der Waals surface area contributed by atoms with Crippen LogP contribution >= 0.6 is 0 Å². The molecule has 0 spiro atoms. The van der Waals surface area contributed by atoms with Gasteiger partial charge in [0, 0.05) is 12.3 Å². The first-order chi connectivity index (χ1) is 7.54. The molecule has 0 atom stereocenters. The lowest BCUT2D eigenvalue weighted by Crippen LogP contribution is -2.05. The number of aromatic amines is 1. The number of rotatable bonds is 3. The summed E-state index contributed by atoms with van der Waals surface area (Å²) in [5, 5.41) is 6.35. The van der Waals surface area contributed by atoms with Crippen LogP contribution in [0.5, 0.6) is 5.88 Å². The number of hydrogen-bond acceptors (Lipinski definition) is 5. The van der Waals surface area contributed by atoms with Gasteiger partial charge in [0.05, 0.1) is 17.6 Å². The zero-order valence-corrected chi connectivity index (χ0v) is 9.23. The van der Waals surface area contributed by atoms with E-state index >= 15 is 0 Å². The first kappa shape index (κ1) is 10.6. The third-order valence-corrected chi connectivity index (χ3v) is 2.21. The van der Waals surface area contributed by atoms with Gasteiger partial charge in [-0.15, -0.1) is 5.10 Å². The average Bonchev–Trinajstić information content (AvgIpc) is 2.65. The van der Waals surface area contributed by atoms with Crippen LogP contribution in [0.15, 0.2) is 30.5 Å². The smallest absolute Gasteiger partial charge is 0.307 e. The Bertz CT molecular complexity index is 577. The summed E-state index contributed by atoms with van der Waals surface area (Å²) >= 11 is 0. The Morgan fingerprint density at radius 3 is 2.81 bits per heavy atom. The highest BCUT2D eigenvalue weighted by molar-refractivity contribution is 7.86. The van der Waals surface area contributed by atoms with Crippen LogP contribution in [-0.2, 0) is 10.1 Å². The molecule has 0 aliphatic heterocycles. The van der Waals surface area contributed by atoms with E-state index in [1.807, 2.05) is 6.07 Å². The Morgan fingerprint density at radius 2 is 2.19 bits per heavy atom. The Labute approximate surface area is 92.4 Å². The molecule has 0 fully saturated rings. The predicted molar refractivity (Wildman–Crippen MR) is 57.3 cm³/mol. The van der Waals surface area contributed by atoms with E-state index in [9.17, 15) is 8.42 Å². The molecule has 2 aromatic rings. The summed E-state index contributed by atoms with van der Waals surface area (Å²) in [6.45, 7) is 0. The Morgan fingerprint density at radius 1 is 1.38 bits per heavy atom. The van der Waals surface area contributed by atoms with Crippen LogP contribution in [0, 0.1) is 0 Å². The van der Waals surface area contributed by atoms with Gasteiger partial charge < -0.3 is 4.18 Å². The molecule has 0 radical (unpaired) electrons. The monoisotopic (exact) mass is 239 g/mol. The van der Waals surface area contributed by atoms with E-state index in [-0.39, 0.29) is 5.88 Å². The van der Waals surface area contributed by atoms with Crippen molar-refractivity contribution in [1.29, 1.82) is 0 Å². The minimum absolute atomic E-state index is 0.00292. The van der Waals surface area contributed by atoms with Gasteiger partial charge in [-0.1, -0.05) is 6.07 Å². The van der Waals surface area contributed by atoms with Crippen LogP contribution in [-0.4, -0.2) is 29.9 Å². The summed E-state index contributed by atoms with van der Waals surface area (Å²) in [7, 11) is -3.55. The van der Waals surface area contributed by atoms with Crippen molar-refractivity contribution in [1.82, 2.24) is 15.2 Å². The SMILES string of the molecule is CS(=O)(=O)Oc1cc(-c2ccccn2)[nH]n1. The molecule has 0 amide bonds. The highest BCUT2D eigenvalue weighted by Gasteiger charge is 2.09. The molecule has 0 bridgehead atoms. The van der Waals surface area contributed by atoms with Crippen molar-refractivity contribution in [2.75, 3.05) is 6.26 Å². The maximum absolute atomic E-state index is 10.9. The van der Waals surface area contributed by atoms with Crippen LogP contribution in [0.25, 0.3) is 11.4 Å². The van der Waals surface area contributed by atoms with Gasteiger partial charge in [0.1, 0.15) is 0 Å². The quantitative estimate of drug-likeness (QED) is 0.801. The summed E-state index contributed by atoms with van der Waals surface area (Å²) in [6.07, 6.45) is 2.59. The van der Waals surface area contributed by atoms with Gasteiger partial charge in [0.25, 0.3) is 5.88 Å². The Hall–Kier alpha value is -1.89. The van der Waals surface area contributed by atoms with Crippen LogP contribution in [0.3, 0.4) is 0 Å². The molecule has 2 rings (SSSR count).